The van der Waals surface area contributed by atoms with E-state index in [-0.39, 0.29) is 0 Å². The number of hydrogen-bond donors (Lipinski definition) is 0. The Kier molecular flexibility index (Phi) is 1.88. The highest BCUT2D eigenvalue weighted by atomic mass is 15.4. The van der Waals surface area contributed by atoms with E-state index >= 15 is 0 Å². The molecule has 0 spiro atoms. The maximum atomic E-state index is 3.99. The first-order chi connectivity index (χ1) is 4.83. The van der Waals surface area contributed by atoms with Crippen LogP contribution in [0.2, 0.25) is 0 Å². The van der Waals surface area contributed by atoms with Gasteiger partial charge in [0.15, 0.2) is 0 Å². The minimum absolute atomic E-state index is 0.580. The number of aliphatic imine (C=N–C) groups is 1. The van der Waals surface area contributed by atoms with E-state index in [0.29, 0.717) is 4.48 Å². The van der Waals surface area contributed by atoms with Crippen LogP contribution in [0.5, 0.6) is 0 Å². The molecule has 0 saturated heterocycles. The molecule has 1 aliphatic heterocycles. The normalized spacial score (nSPS) is 28.2. The van der Waals surface area contributed by atoms with Gasteiger partial charge >= 0.3 is 0 Å². The molecule has 1 atom stereocenters. The van der Waals surface area contributed by atoms with Crippen molar-refractivity contribution in [1.29, 1.82) is 0 Å². The summed E-state index contributed by atoms with van der Waals surface area (Å²) in [5.74, 6) is 2.88. The van der Waals surface area contributed by atoms with Gasteiger partial charge in [0.1, 0.15) is 12.2 Å². The van der Waals surface area contributed by atoms with E-state index in [9.17, 15) is 0 Å². The number of hydrogen-bond acceptors (Lipinski definition) is 1. The van der Waals surface area contributed by atoms with Crippen molar-refractivity contribution in [3.8, 4) is 12.0 Å². The molecule has 0 aromatic carbocycles. The summed E-state index contributed by atoms with van der Waals surface area (Å²) >= 11 is 0. The van der Waals surface area contributed by atoms with Gasteiger partial charge in [0.25, 0.3) is 0 Å². The predicted octanol–water partition coefficient (Wildman–Crippen LogP) is 1.32. The third kappa shape index (κ3) is 1.09. The lowest BCUT2D eigenvalue weighted by atomic mass is 10.5. The predicted molar refractivity (Wildman–Crippen MR) is 41.9 cm³/mol. The average molecular weight is 135 g/mol. The second kappa shape index (κ2) is 2.68. The number of nitrogens with zero attached hydrogens (tertiary/aromatic N) is 2. The highest BCUT2D eigenvalue weighted by Gasteiger charge is 2.20. The van der Waals surface area contributed by atoms with Gasteiger partial charge in [-0.1, -0.05) is 0 Å². The molecule has 0 fully saturated rings. The lowest BCUT2D eigenvalue weighted by Gasteiger charge is -2.15. The Balaban J connectivity index is 2.86. The molecule has 1 heterocycles. The molecule has 52 valence electrons. The van der Waals surface area contributed by atoms with E-state index in [2.05, 4.69) is 23.9 Å². The van der Waals surface area contributed by atoms with Crippen molar-refractivity contribution in [1.82, 2.24) is 0 Å². The highest BCUT2D eigenvalue weighted by Crippen LogP contribution is 2.07. The standard InChI is InChI=1S/C8H11N2/c1-3-6-10(4-2)7-5-9-8-10/h5,7-8H,4H2,1-2H3/q+1. The third-order valence-electron chi connectivity index (χ3n) is 1.53. The fourth-order valence-corrected chi connectivity index (χ4v) is 0.894. The van der Waals surface area contributed by atoms with Gasteiger partial charge in [-0.2, -0.15) is 4.48 Å². The monoisotopic (exact) mass is 135 g/mol. The van der Waals surface area contributed by atoms with Crippen molar-refractivity contribution >= 4 is 6.34 Å². The summed E-state index contributed by atoms with van der Waals surface area (Å²) in [6.07, 6.45) is 5.61. The van der Waals surface area contributed by atoms with Crippen molar-refractivity contribution in [2.24, 2.45) is 4.99 Å². The smallest absolute Gasteiger partial charge is 0.205 e. The molecule has 2 nitrogen and oxygen atoms in total. The van der Waals surface area contributed by atoms with Crippen molar-refractivity contribution in [2.45, 2.75) is 13.8 Å². The fraction of sp³-hybridized carbons (Fsp3) is 0.375. The Morgan fingerprint density at radius 3 is 2.80 bits per heavy atom. The SMILES string of the molecule is CC#C[N+]1(CC)C=CN=C1. The van der Waals surface area contributed by atoms with Gasteiger partial charge in [-0.3, -0.25) is 0 Å². The molecule has 0 saturated carbocycles. The van der Waals surface area contributed by atoms with E-state index in [0.717, 1.165) is 6.54 Å². The Hall–Kier alpha value is -1.07. The van der Waals surface area contributed by atoms with E-state index in [4.69, 9.17) is 0 Å². The maximum Gasteiger partial charge on any atom is 0.208 e. The van der Waals surface area contributed by atoms with Gasteiger partial charge < -0.3 is 0 Å². The zero-order valence-electron chi connectivity index (χ0n) is 6.33. The largest absolute Gasteiger partial charge is 0.208 e. The minimum atomic E-state index is 0.580. The Labute approximate surface area is 61.5 Å². The molecular formula is C8H11N2+. The third-order valence-corrected chi connectivity index (χ3v) is 1.53. The van der Waals surface area contributed by atoms with Crippen LogP contribution in [0.4, 0.5) is 0 Å². The molecule has 0 amide bonds. The van der Waals surface area contributed by atoms with Crippen LogP contribution in [0, 0.1) is 12.0 Å². The molecule has 0 bridgehead atoms. The Morgan fingerprint density at radius 1 is 1.60 bits per heavy atom. The number of quaternary nitrogens is 1. The zero-order chi connectivity index (χ0) is 7.45. The first kappa shape index (κ1) is 7.04. The van der Waals surface area contributed by atoms with Gasteiger partial charge in [0.05, 0.1) is 12.7 Å². The fourth-order valence-electron chi connectivity index (χ4n) is 0.894. The van der Waals surface area contributed by atoms with Crippen LogP contribution in [0.25, 0.3) is 0 Å². The van der Waals surface area contributed by atoms with E-state index in [1.54, 1.807) is 6.20 Å². The summed E-state index contributed by atoms with van der Waals surface area (Å²) in [6.45, 7) is 4.88. The average Bonchev–Trinajstić information content (AvgIpc) is 2.39. The van der Waals surface area contributed by atoms with Crippen molar-refractivity contribution in [3.05, 3.63) is 12.4 Å². The molecule has 10 heavy (non-hydrogen) atoms. The second-order valence-corrected chi connectivity index (χ2v) is 2.17. The van der Waals surface area contributed by atoms with Crippen LogP contribution in [0.3, 0.4) is 0 Å². The van der Waals surface area contributed by atoms with Crippen LogP contribution in [0.1, 0.15) is 13.8 Å². The summed E-state index contributed by atoms with van der Waals surface area (Å²) in [5, 5.41) is 0. The molecule has 1 rings (SSSR count). The lowest BCUT2D eigenvalue weighted by molar-refractivity contribution is -0.701. The Bertz CT molecular complexity index is 215. The molecule has 0 aromatic rings. The van der Waals surface area contributed by atoms with Crippen LogP contribution in [-0.4, -0.2) is 17.4 Å². The van der Waals surface area contributed by atoms with Gasteiger partial charge in [-0.15, -0.1) is 0 Å². The summed E-state index contributed by atoms with van der Waals surface area (Å²) in [7, 11) is 0. The summed E-state index contributed by atoms with van der Waals surface area (Å²) < 4.78 is 0.580. The summed E-state index contributed by atoms with van der Waals surface area (Å²) in [5.41, 5.74) is 0. The quantitative estimate of drug-likeness (QED) is 0.380. The molecule has 0 N–H and O–H groups in total. The molecule has 2 heteroatoms. The summed E-state index contributed by atoms with van der Waals surface area (Å²) in [6, 6.07) is 3.06. The number of rotatable bonds is 1. The van der Waals surface area contributed by atoms with E-state index < -0.39 is 0 Å². The minimum Gasteiger partial charge on any atom is -0.205 e. The summed E-state index contributed by atoms with van der Waals surface area (Å²) in [4.78, 5) is 3.99. The first-order valence-corrected chi connectivity index (χ1v) is 3.36. The molecule has 0 aliphatic carbocycles. The van der Waals surface area contributed by atoms with Crippen LogP contribution in [0.15, 0.2) is 17.4 Å². The van der Waals surface area contributed by atoms with E-state index in [1.807, 2.05) is 19.5 Å². The lowest BCUT2D eigenvalue weighted by Crippen LogP contribution is -2.33. The molecule has 1 unspecified atom stereocenters. The topological polar surface area (TPSA) is 12.4 Å². The molecule has 0 aromatic heterocycles. The van der Waals surface area contributed by atoms with Crippen molar-refractivity contribution in [3.63, 3.8) is 0 Å². The maximum absolute atomic E-state index is 3.99. The second-order valence-electron chi connectivity index (χ2n) is 2.17. The van der Waals surface area contributed by atoms with Gasteiger partial charge in [-0.05, 0) is 12.8 Å². The molecule has 0 radical (unpaired) electrons. The van der Waals surface area contributed by atoms with Crippen LogP contribution in [-0.2, 0) is 0 Å². The van der Waals surface area contributed by atoms with Gasteiger partial charge in [-0.25, -0.2) is 4.99 Å². The molecular weight excluding hydrogens is 124 g/mol. The van der Waals surface area contributed by atoms with Gasteiger partial charge in [0.2, 0.25) is 6.34 Å². The molecule has 1 aliphatic rings. The highest BCUT2D eigenvalue weighted by molar-refractivity contribution is 5.52. The first-order valence-electron chi connectivity index (χ1n) is 3.36. The van der Waals surface area contributed by atoms with Crippen LogP contribution >= 0.6 is 0 Å². The Morgan fingerprint density at radius 2 is 2.40 bits per heavy atom. The van der Waals surface area contributed by atoms with Crippen molar-refractivity contribution < 1.29 is 4.48 Å². The van der Waals surface area contributed by atoms with Gasteiger partial charge in [0, 0.05) is 6.92 Å². The van der Waals surface area contributed by atoms with Crippen molar-refractivity contribution in [2.75, 3.05) is 6.54 Å². The zero-order valence-corrected chi connectivity index (χ0v) is 6.33. The van der Waals surface area contributed by atoms with Crippen LogP contribution < -0.4 is 0 Å². The van der Waals surface area contributed by atoms with E-state index in [1.165, 1.54) is 0 Å².